The number of rotatable bonds is 6. The lowest BCUT2D eigenvalue weighted by molar-refractivity contribution is 0.188. The third kappa shape index (κ3) is 7.43. The van der Waals surface area contributed by atoms with E-state index in [9.17, 15) is 4.79 Å². The number of primary amides is 1. The zero-order valence-corrected chi connectivity index (χ0v) is 18.8. The molecule has 2 amide bonds. The molecule has 4 N–H and O–H groups in total. The monoisotopic (exact) mass is 489 g/mol. The minimum Gasteiger partial charge on any atom is -0.496 e. The second kappa shape index (κ2) is 11.9. The number of urea groups is 1. The predicted octanol–water partition coefficient (Wildman–Crippen LogP) is 2.26. The van der Waals surface area contributed by atoms with E-state index >= 15 is 0 Å². The van der Waals surface area contributed by atoms with Crippen molar-refractivity contribution in [3.05, 3.63) is 29.3 Å². The fourth-order valence-corrected chi connectivity index (χ4v) is 3.07. The number of aliphatic imine (C=N–C) groups is 1. The van der Waals surface area contributed by atoms with Gasteiger partial charge in [-0.1, -0.05) is 12.1 Å². The van der Waals surface area contributed by atoms with Gasteiger partial charge < -0.3 is 26.0 Å². The van der Waals surface area contributed by atoms with Gasteiger partial charge >= 0.3 is 6.03 Å². The molecule has 7 nitrogen and oxygen atoms in total. The molecule has 1 aromatic carbocycles. The summed E-state index contributed by atoms with van der Waals surface area (Å²) in [5.74, 6) is 1.74. The van der Waals surface area contributed by atoms with Gasteiger partial charge in [-0.2, -0.15) is 0 Å². The number of amides is 2. The van der Waals surface area contributed by atoms with Gasteiger partial charge in [0.05, 0.1) is 7.11 Å². The number of piperidine rings is 1. The molecule has 27 heavy (non-hydrogen) atoms. The minimum atomic E-state index is -0.336. The molecule has 0 saturated carbocycles. The van der Waals surface area contributed by atoms with Gasteiger partial charge in [0.1, 0.15) is 5.75 Å². The molecule has 0 bridgehead atoms. The molecular weight excluding hydrogens is 457 g/mol. The summed E-state index contributed by atoms with van der Waals surface area (Å²) in [6, 6.07) is 6.24. The number of nitrogens with two attached hydrogens (primary N) is 1. The van der Waals surface area contributed by atoms with E-state index in [1.165, 1.54) is 5.56 Å². The number of hydrogen-bond acceptors (Lipinski definition) is 3. The molecule has 1 aromatic rings. The van der Waals surface area contributed by atoms with Crippen LogP contribution in [-0.2, 0) is 6.42 Å². The summed E-state index contributed by atoms with van der Waals surface area (Å²) in [7, 11) is 1.70. The van der Waals surface area contributed by atoms with E-state index in [0.717, 1.165) is 43.1 Å². The number of nitrogens with zero attached hydrogens (tertiary/aromatic N) is 2. The van der Waals surface area contributed by atoms with Gasteiger partial charge in [0.2, 0.25) is 0 Å². The smallest absolute Gasteiger partial charge is 0.314 e. The molecule has 0 spiro atoms. The van der Waals surface area contributed by atoms with Crippen LogP contribution in [0.15, 0.2) is 23.2 Å². The van der Waals surface area contributed by atoms with Crippen LogP contribution in [0.25, 0.3) is 0 Å². The Morgan fingerprint density at radius 3 is 2.67 bits per heavy atom. The lowest BCUT2D eigenvalue weighted by atomic mass is 10.1. The van der Waals surface area contributed by atoms with Gasteiger partial charge in [-0.3, -0.25) is 4.99 Å². The zero-order valence-electron chi connectivity index (χ0n) is 16.5. The third-order valence-electron chi connectivity index (χ3n) is 4.63. The maximum atomic E-state index is 11.2. The SMILES string of the molecule is CCNC(=NCCc1ccc(C)c(OC)c1)NC1CCN(C(N)=O)CC1.I. The average Bonchev–Trinajstić information content (AvgIpc) is 2.63. The lowest BCUT2D eigenvalue weighted by Gasteiger charge is -2.32. The number of aryl methyl sites for hydroxylation is 1. The van der Waals surface area contributed by atoms with Gasteiger partial charge in [-0.25, -0.2) is 4.79 Å². The van der Waals surface area contributed by atoms with Crippen LogP contribution in [0.1, 0.15) is 30.9 Å². The Labute approximate surface area is 179 Å². The van der Waals surface area contributed by atoms with Crippen molar-refractivity contribution in [2.45, 2.75) is 39.2 Å². The van der Waals surface area contributed by atoms with Gasteiger partial charge in [0, 0.05) is 32.2 Å². The van der Waals surface area contributed by atoms with Crippen molar-refractivity contribution in [2.24, 2.45) is 10.7 Å². The van der Waals surface area contributed by atoms with Crippen molar-refractivity contribution in [2.75, 3.05) is 33.3 Å². The van der Waals surface area contributed by atoms with Gasteiger partial charge in [0.15, 0.2) is 5.96 Å². The maximum Gasteiger partial charge on any atom is 0.314 e. The number of carbonyl (C=O) groups is 1. The second-order valence-electron chi connectivity index (χ2n) is 6.56. The fourth-order valence-electron chi connectivity index (χ4n) is 3.07. The first-order valence-corrected chi connectivity index (χ1v) is 9.26. The summed E-state index contributed by atoms with van der Waals surface area (Å²) >= 11 is 0. The molecule has 1 aliphatic rings. The van der Waals surface area contributed by atoms with E-state index < -0.39 is 0 Å². The Kier molecular flexibility index (Phi) is 10.3. The molecule has 1 saturated heterocycles. The minimum absolute atomic E-state index is 0. The first-order valence-electron chi connectivity index (χ1n) is 9.26. The van der Waals surface area contributed by atoms with Crippen molar-refractivity contribution in [1.82, 2.24) is 15.5 Å². The number of halogens is 1. The standard InChI is InChI=1S/C19H31N5O2.HI/c1-4-21-19(23-16-8-11-24(12-9-16)18(20)25)22-10-7-15-6-5-14(2)17(13-15)26-3;/h5-6,13,16H,4,7-12H2,1-3H3,(H2,20,25)(H2,21,22,23);1H. The van der Waals surface area contributed by atoms with Crippen LogP contribution >= 0.6 is 24.0 Å². The van der Waals surface area contributed by atoms with Crippen LogP contribution in [0.2, 0.25) is 0 Å². The summed E-state index contributed by atoms with van der Waals surface area (Å²) in [6.45, 7) is 6.98. The predicted molar refractivity (Wildman–Crippen MR) is 120 cm³/mol. The zero-order chi connectivity index (χ0) is 18.9. The van der Waals surface area contributed by atoms with Crippen LogP contribution in [-0.4, -0.2) is 56.2 Å². The van der Waals surface area contributed by atoms with Gasteiger partial charge in [0.25, 0.3) is 0 Å². The second-order valence-corrected chi connectivity index (χ2v) is 6.56. The summed E-state index contributed by atoms with van der Waals surface area (Å²) in [4.78, 5) is 17.6. The van der Waals surface area contributed by atoms with Crippen LogP contribution in [0.5, 0.6) is 5.75 Å². The third-order valence-corrected chi connectivity index (χ3v) is 4.63. The van der Waals surface area contributed by atoms with E-state index in [2.05, 4.69) is 40.7 Å². The van der Waals surface area contributed by atoms with Crippen LogP contribution in [0.4, 0.5) is 4.79 Å². The molecule has 1 heterocycles. The largest absolute Gasteiger partial charge is 0.496 e. The Morgan fingerprint density at radius 2 is 2.07 bits per heavy atom. The highest BCUT2D eigenvalue weighted by Gasteiger charge is 2.21. The molecule has 0 aromatic heterocycles. The molecule has 1 aliphatic heterocycles. The average molecular weight is 489 g/mol. The van der Waals surface area contributed by atoms with Crippen molar-refractivity contribution in [1.29, 1.82) is 0 Å². The quantitative estimate of drug-likeness (QED) is 0.325. The molecule has 1 fully saturated rings. The normalized spacial score (nSPS) is 15.1. The number of methoxy groups -OCH3 is 1. The van der Waals surface area contributed by atoms with Crippen molar-refractivity contribution >= 4 is 36.0 Å². The van der Waals surface area contributed by atoms with Crippen molar-refractivity contribution in [3.63, 3.8) is 0 Å². The summed E-state index contributed by atoms with van der Waals surface area (Å²) in [5, 5.41) is 6.76. The van der Waals surface area contributed by atoms with Crippen LogP contribution in [0.3, 0.4) is 0 Å². The Balaban J connectivity index is 0.00000364. The maximum absolute atomic E-state index is 11.2. The topological polar surface area (TPSA) is 92.0 Å². The molecular formula is C19H32IN5O2. The summed E-state index contributed by atoms with van der Waals surface area (Å²) in [5.41, 5.74) is 7.68. The first kappa shape index (κ1) is 23.3. The number of carbonyl (C=O) groups excluding carboxylic acids is 1. The van der Waals surface area contributed by atoms with Gasteiger partial charge in [-0.05, 0) is 50.3 Å². The van der Waals surface area contributed by atoms with Crippen molar-refractivity contribution < 1.29 is 9.53 Å². The van der Waals surface area contributed by atoms with E-state index in [1.54, 1.807) is 12.0 Å². The summed E-state index contributed by atoms with van der Waals surface area (Å²) < 4.78 is 5.38. The molecule has 0 unspecified atom stereocenters. The fraction of sp³-hybridized carbons (Fsp3) is 0.579. The van der Waals surface area contributed by atoms with Crippen molar-refractivity contribution in [3.8, 4) is 5.75 Å². The highest BCUT2D eigenvalue weighted by molar-refractivity contribution is 14.0. The first-order chi connectivity index (χ1) is 12.5. The highest BCUT2D eigenvalue weighted by atomic mass is 127. The molecule has 152 valence electrons. The lowest BCUT2D eigenvalue weighted by Crippen LogP contribution is -2.50. The molecule has 8 heteroatoms. The van der Waals surface area contributed by atoms with E-state index in [1.807, 2.05) is 6.92 Å². The number of benzene rings is 1. The van der Waals surface area contributed by atoms with E-state index in [-0.39, 0.29) is 30.0 Å². The number of hydrogen-bond donors (Lipinski definition) is 3. The number of nitrogens with one attached hydrogen (secondary N) is 2. The number of guanidine groups is 1. The highest BCUT2D eigenvalue weighted by Crippen LogP contribution is 2.19. The van der Waals surface area contributed by atoms with E-state index in [0.29, 0.717) is 25.7 Å². The Bertz CT molecular complexity index is 631. The van der Waals surface area contributed by atoms with E-state index in [4.69, 9.17) is 10.5 Å². The van der Waals surface area contributed by atoms with Gasteiger partial charge in [-0.15, -0.1) is 24.0 Å². The molecule has 0 aliphatic carbocycles. The Morgan fingerprint density at radius 1 is 1.37 bits per heavy atom. The van der Waals surface area contributed by atoms with Crippen LogP contribution in [0, 0.1) is 6.92 Å². The molecule has 0 radical (unpaired) electrons. The number of likely N-dealkylation sites (tertiary alicyclic amines) is 1. The van der Waals surface area contributed by atoms with Crippen LogP contribution < -0.4 is 21.1 Å². The molecule has 0 atom stereocenters. The number of ether oxygens (including phenoxy) is 1. The molecule has 2 rings (SSSR count). The summed E-state index contributed by atoms with van der Waals surface area (Å²) in [6.07, 6.45) is 2.61. The Hall–Kier alpha value is -1.71.